The number of piperidine rings is 3. The van der Waals surface area contributed by atoms with Crippen LogP contribution in [0.3, 0.4) is 0 Å². The standard InChI is InChI=1S/C25H32F2N5O6P.C21H23F2N5O3.C20H21N5O3.C5H11F2O3P.CH4O.CH3O.Na/c1-5-36-39(35,37-6-2)25(26,27)24(4,34)22-15-20(30-38-22)18-12-11-17(3)31(16-18)23(33)19-9-7-8-10-21(19)32-28-13-14-29-32;1-13-7-8-14(16-11-18(31-26-16)21(2,30)20(22)23)12-27(13)19(29)15-5-3-4-6-17(15)28-24-9-10-25-28;1-13-7-8-15(17-11-19(14(2)26)28-23-17)12-24(13)20(27)16-5-3-4-6-18(16)25-21-9-10-22-25;1-3-9-11(8,5(6)7)10-4-2;2*1-2;/h7-10,13-15,17-18,34H,5-6,11-12,16H2,1-4H3;3-6,9-11,13-14,20,30H,7-8,12H2,1-2H3;3-6,9-11,13,15H,7-8,12H2,1-2H3;5H,3-4H2,1-2H3;2H,1H3;1H3;/q;;;;;-1;+1/t17-,18-,24?;13-,14-,21+;13-,15-;;;;/m111..../s1. The van der Waals surface area contributed by atoms with Crippen molar-refractivity contribution < 1.29 is 136 Å². The van der Waals surface area contributed by atoms with Gasteiger partial charge >= 0.3 is 56.6 Å². The summed E-state index contributed by atoms with van der Waals surface area (Å²) in [6.07, 6.45) is 7.61. The Morgan fingerprint density at radius 2 is 0.825 bits per heavy atom. The fourth-order valence-electron chi connectivity index (χ4n) is 12.5. The number of Topliss-reactive ketones (excluding diaryl/α,β-unsaturated/α-hetero) is 1. The number of nitrogens with zero attached hydrogens (tertiary/aromatic N) is 15. The maximum atomic E-state index is 15.4. The van der Waals surface area contributed by atoms with Gasteiger partial charge in [0.05, 0.1) is 114 Å². The summed E-state index contributed by atoms with van der Waals surface area (Å²) in [5, 5.41) is 72.8. The number of para-hydroxylation sites is 3. The van der Waals surface area contributed by atoms with Crippen LogP contribution in [0, 0.1) is 0 Å². The zero-order valence-electron chi connectivity index (χ0n) is 65.4. The minimum Gasteiger partial charge on any atom is -0.857 e. The molecule has 0 saturated carbocycles. The number of rotatable bonds is 24. The van der Waals surface area contributed by atoms with Gasteiger partial charge in [0.1, 0.15) is 0 Å². The maximum absolute atomic E-state index is 15.4. The van der Waals surface area contributed by atoms with Crippen molar-refractivity contribution in [2.24, 2.45) is 0 Å². The summed E-state index contributed by atoms with van der Waals surface area (Å²) < 4.78 is 138. The number of alkyl halides is 6. The topological polar surface area (TPSA) is 403 Å². The number of benzene rings is 3. The van der Waals surface area contributed by atoms with Crippen LogP contribution in [0.5, 0.6) is 0 Å². The quantitative estimate of drug-likeness (QED) is 0.0220. The molecule has 3 fully saturated rings. The fourth-order valence-corrected chi connectivity index (χ4v) is 15.3. The number of carbonyl (C=O) groups excluding carboxylic acids is 4. The van der Waals surface area contributed by atoms with Gasteiger partial charge in [-0.05, 0) is 137 Å². The monoisotopic (exact) mass is 1650 g/mol. The molecule has 6 aromatic heterocycles. The molecule has 0 radical (unpaired) electrons. The van der Waals surface area contributed by atoms with E-state index in [2.05, 4.69) is 55.1 Å². The molecule has 616 valence electrons. The molecular formula is C73H94F6N15NaO17P2. The van der Waals surface area contributed by atoms with E-state index in [1.54, 1.807) is 76.8 Å². The number of ketones is 1. The van der Waals surface area contributed by atoms with Gasteiger partial charge in [0, 0.05) is 87.7 Å². The van der Waals surface area contributed by atoms with Crippen molar-refractivity contribution in [3.05, 3.63) is 179 Å². The van der Waals surface area contributed by atoms with Crippen LogP contribution in [0.25, 0.3) is 17.1 Å². The van der Waals surface area contributed by atoms with Crippen LogP contribution < -0.4 is 34.7 Å². The summed E-state index contributed by atoms with van der Waals surface area (Å²) in [6, 6.07) is 25.6. The van der Waals surface area contributed by atoms with Crippen LogP contribution in [-0.4, -0.2) is 211 Å². The number of hydrogen-bond donors (Lipinski definition) is 3. The first-order chi connectivity index (χ1) is 53.9. The summed E-state index contributed by atoms with van der Waals surface area (Å²) in [5.41, 5.74) is -5.18. The molecule has 0 spiro atoms. The van der Waals surface area contributed by atoms with E-state index in [1.807, 2.05) is 49.9 Å². The number of hydrogen-bond acceptors (Lipinski definition) is 26. The van der Waals surface area contributed by atoms with Crippen molar-refractivity contribution in [3.8, 4) is 17.1 Å². The molecular weight excluding hydrogens is 1560 g/mol. The Labute approximate surface area is 676 Å². The molecule has 9 heterocycles. The largest absolute Gasteiger partial charge is 1.00 e. The molecule has 3 aliphatic rings. The van der Waals surface area contributed by atoms with Gasteiger partial charge in [-0.3, -0.25) is 28.3 Å². The average Bonchev–Trinajstić information content (AvgIpc) is 1.60. The predicted molar refractivity (Wildman–Crippen MR) is 393 cm³/mol. The average molecular weight is 1650 g/mol. The minimum atomic E-state index is -5.06. The van der Waals surface area contributed by atoms with E-state index in [-0.39, 0.29) is 139 Å². The van der Waals surface area contributed by atoms with E-state index < -0.39 is 50.4 Å². The Morgan fingerprint density at radius 1 is 0.518 bits per heavy atom. The molecule has 8 atom stereocenters. The van der Waals surface area contributed by atoms with E-state index in [0.717, 1.165) is 53.0 Å². The van der Waals surface area contributed by atoms with Gasteiger partial charge in [-0.15, -0.1) is 0 Å². The van der Waals surface area contributed by atoms with Crippen molar-refractivity contribution in [3.63, 3.8) is 0 Å². The first kappa shape index (κ1) is 94.4. The predicted octanol–water partition coefficient (Wildman–Crippen LogP) is 8.80. The van der Waals surface area contributed by atoms with Gasteiger partial charge in [-0.2, -0.15) is 69.7 Å². The number of aliphatic hydroxyl groups excluding tert-OH is 1. The molecule has 0 bridgehead atoms. The molecule has 3 N–H and O–H groups in total. The molecule has 3 aliphatic heterocycles. The summed E-state index contributed by atoms with van der Waals surface area (Å²) in [7, 11) is -7.43. The van der Waals surface area contributed by atoms with E-state index >= 15 is 8.78 Å². The number of likely N-dealkylation sites (tertiary alicyclic amines) is 3. The van der Waals surface area contributed by atoms with E-state index in [4.69, 9.17) is 32.8 Å². The number of aliphatic hydroxyl groups is 3. The fraction of sp³-hybridized carbons (Fsp3) is 0.493. The smallest absolute Gasteiger partial charge is 0.857 e. The number of carbonyl (C=O) groups is 4. The van der Waals surface area contributed by atoms with E-state index in [0.29, 0.717) is 71.8 Å². The molecule has 32 nitrogen and oxygen atoms in total. The van der Waals surface area contributed by atoms with Gasteiger partial charge in [-0.1, -0.05) is 51.9 Å². The Balaban J connectivity index is 0.000000246. The summed E-state index contributed by atoms with van der Waals surface area (Å²) in [5.74, 6) is -1.78. The molecule has 114 heavy (non-hydrogen) atoms. The zero-order valence-corrected chi connectivity index (χ0v) is 69.2. The second-order valence-electron chi connectivity index (χ2n) is 26.2. The summed E-state index contributed by atoms with van der Waals surface area (Å²) in [4.78, 5) is 61.5. The maximum Gasteiger partial charge on any atom is 1.00 e. The second-order valence-corrected chi connectivity index (χ2v) is 30.3. The molecule has 3 amide bonds. The second kappa shape index (κ2) is 42.9. The Hall–Kier alpha value is -8.49. The molecule has 3 aromatic carbocycles. The minimum absolute atomic E-state index is 0. The van der Waals surface area contributed by atoms with Gasteiger partial charge in [0.2, 0.25) is 5.76 Å². The normalized spacial score (nSPS) is 18.8. The third-order valence-corrected chi connectivity index (χ3v) is 22.7. The van der Waals surface area contributed by atoms with E-state index in [9.17, 15) is 56.1 Å². The van der Waals surface area contributed by atoms with Crippen LogP contribution in [0.4, 0.5) is 26.3 Å². The van der Waals surface area contributed by atoms with Crippen molar-refractivity contribution in [2.75, 3.05) is 60.3 Å². The van der Waals surface area contributed by atoms with Crippen LogP contribution in [-0.2, 0) is 38.4 Å². The van der Waals surface area contributed by atoms with Crippen LogP contribution in [0.1, 0.15) is 196 Å². The van der Waals surface area contributed by atoms with Crippen molar-refractivity contribution in [1.29, 1.82) is 0 Å². The summed E-state index contributed by atoms with van der Waals surface area (Å²) in [6.45, 7) is 15.3. The van der Waals surface area contributed by atoms with Crippen LogP contribution in [0.2, 0.25) is 0 Å². The van der Waals surface area contributed by atoms with Gasteiger partial charge < -0.3 is 66.8 Å². The third-order valence-electron chi connectivity index (χ3n) is 18.7. The van der Waals surface area contributed by atoms with Crippen LogP contribution in [0.15, 0.2) is 142 Å². The Bertz CT molecular complexity index is 4560. The molecule has 1 unspecified atom stereocenters. The van der Waals surface area contributed by atoms with Crippen molar-refractivity contribution in [1.82, 2.24) is 75.2 Å². The molecule has 12 rings (SSSR count). The van der Waals surface area contributed by atoms with Gasteiger partial charge in [0.15, 0.2) is 28.5 Å². The van der Waals surface area contributed by atoms with Crippen molar-refractivity contribution >= 4 is 38.7 Å². The molecule has 41 heteroatoms. The number of aromatic nitrogens is 12. The van der Waals surface area contributed by atoms with Gasteiger partial charge in [0.25, 0.3) is 24.1 Å². The number of halogens is 6. The zero-order chi connectivity index (χ0) is 83.2. The SMILES string of the molecule is CC(=O)c1cc([C@@H]2CC[C@@H](C)N(C(=O)c3ccccc3-n3nccn3)C2)no1.CCOP(=O)(OCC)C(F)(F)C(C)(O)c1cc([C@@H]2CC[C@@H](C)N(C(=O)c3ccccc3-n3nccn3)C2)no1.CCOP(=O)(OCC)C(F)F.CO.C[C@@H]1CC[C@@H](c2cc([C@](C)(O)C(F)F)on2)CN1C(=O)c1ccccc1-n1nccn1.C[O-].[Na+]. The first-order valence-electron chi connectivity index (χ1n) is 36.1. The Kier molecular flexibility index (Phi) is 35.5. The summed E-state index contributed by atoms with van der Waals surface area (Å²) >= 11 is 0. The third kappa shape index (κ3) is 22.2. The molecule has 0 aliphatic carbocycles. The first-order valence-corrected chi connectivity index (χ1v) is 39.3. The van der Waals surface area contributed by atoms with Crippen LogP contribution >= 0.6 is 15.2 Å². The number of amides is 3. The molecule has 3 saturated heterocycles. The van der Waals surface area contributed by atoms with Gasteiger partial charge in [-0.25, -0.2) is 8.78 Å². The van der Waals surface area contributed by atoms with E-state index in [1.165, 1.54) is 85.9 Å². The van der Waals surface area contributed by atoms with Crippen molar-refractivity contribution in [2.45, 2.75) is 173 Å². The Morgan fingerprint density at radius 3 is 1.13 bits per heavy atom. The molecule has 9 aromatic rings.